The van der Waals surface area contributed by atoms with Crippen molar-refractivity contribution in [3.8, 4) is 0 Å². The fourth-order valence-electron chi connectivity index (χ4n) is 2.11. The van der Waals surface area contributed by atoms with Gasteiger partial charge in [-0.3, -0.25) is 4.79 Å². The molecule has 0 aromatic carbocycles. The minimum atomic E-state index is -0.395. The van der Waals surface area contributed by atoms with Gasteiger partial charge in [0.25, 0.3) is 0 Å². The van der Waals surface area contributed by atoms with Crippen molar-refractivity contribution in [2.75, 3.05) is 42.9 Å². The van der Waals surface area contributed by atoms with Crippen LogP contribution in [0.5, 0.6) is 0 Å². The number of morpholine rings is 1. The molecule has 1 aromatic rings. The number of nitrogens with zero attached hydrogens (tertiary/aromatic N) is 3. The topological polar surface area (TPSA) is 105 Å². The van der Waals surface area contributed by atoms with E-state index in [1.807, 2.05) is 18.1 Å². The number of hydrogen-bond acceptors (Lipinski definition) is 8. The molecule has 1 aliphatic rings. The highest BCUT2D eigenvalue weighted by Gasteiger charge is 2.30. The Hall–Kier alpha value is -1.58. The first-order chi connectivity index (χ1) is 10.2. The maximum Gasteiger partial charge on any atom is 0.245 e. The molecule has 0 spiro atoms. The molecule has 1 fully saturated rings. The van der Waals surface area contributed by atoms with Gasteiger partial charge < -0.3 is 20.4 Å². The molecule has 21 heavy (non-hydrogen) atoms. The molecule has 1 unspecified atom stereocenters. The number of nitrogens with two attached hydrogens (primary N) is 1. The number of thioether (sulfide) groups is 1. The number of hydrazine groups is 1. The van der Waals surface area contributed by atoms with Crippen molar-refractivity contribution in [2.24, 2.45) is 5.84 Å². The molecule has 8 nitrogen and oxygen atoms in total. The SMILES string of the molecule is CCNC(=O)C1COCCN1c1cc(NN)nc(SC)n1. The van der Waals surface area contributed by atoms with E-state index >= 15 is 0 Å². The van der Waals surface area contributed by atoms with E-state index in [2.05, 4.69) is 20.7 Å². The monoisotopic (exact) mass is 312 g/mol. The van der Waals surface area contributed by atoms with Crippen molar-refractivity contribution in [3.05, 3.63) is 6.07 Å². The first kappa shape index (κ1) is 15.8. The van der Waals surface area contributed by atoms with Crippen LogP contribution in [0.15, 0.2) is 11.2 Å². The van der Waals surface area contributed by atoms with E-state index in [0.717, 1.165) is 0 Å². The van der Waals surface area contributed by atoms with E-state index < -0.39 is 6.04 Å². The molecule has 1 aliphatic heterocycles. The van der Waals surface area contributed by atoms with Gasteiger partial charge in [-0.1, -0.05) is 11.8 Å². The van der Waals surface area contributed by atoms with Crippen molar-refractivity contribution in [3.63, 3.8) is 0 Å². The lowest BCUT2D eigenvalue weighted by molar-refractivity contribution is -0.124. The molecular weight excluding hydrogens is 292 g/mol. The fraction of sp³-hybridized carbons (Fsp3) is 0.583. The van der Waals surface area contributed by atoms with Gasteiger partial charge in [-0.05, 0) is 13.2 Å². The summed E-state index contributed by atoms with van der Waals surface area (Å²) in [5.41, 5.74) is 2.53. The summed E-state index contributed by atoms with van der Waals surface area (Å²) in [5, 5.41) is 3.42. The van der Waals surface area contributed by atoms with Gasteiger partial charge >= 0.3 is 0 Å². The first-order valence-corrected chi connectivity index (χ1v) is 7.93. The molecule has 2 heterocycles. The van der Waals surface area contributed by atoms with Gasteiger partial charge in [0.05, 0.1) is 13.2 Å². The zero-order chi connectivity index (χ0) is 15.2. The van der Waals surface area contributed by atoms with Crippen LogP contribution in [0, 0.1) is 0 Å². The van der Waals surface area contributed by atoms with Crippen LogP contribution in [-0.2, 0) is 9.53 Å². The number of carbonyl (C=O) groups excluding carboxylic acids is 1. The molecule has 0 saturated carbocycles. The Morgan fingerprint density at radius 2 is 2.43 bits per heavy atom. The average molecular weight is 312 g/mol. The van der Waals surface area contributed by atoms with Crippen molar-refractivity contribution in [1.82, 2.24) is 15.3 Å². The van der Waals surface area contributed by atoms with Crippen LogP contribution in [0.25, 0.3) is 0 Å². The van der Waals surface area contributed by atoms with E-state index in [1.54, 1.807) is 6.07 Å². The third-order valence-electron chi connectivity index (χ3n) is 3.10. The van der Waals surface area contributed by atoms with E-state index in [1.165, 1.54) is 11.8 Å². The van der Waals surface area contributed by atoms with Gasteiger partial charge in [-0.25, -0.2) is 15.8 Å². The molecule has 0 bridgehead atoms. The summed E-state index contributed by atoms with van der Waals surface area (Å²) < 4.78 is 5.42. The zero-order valence-corrected chi connectivity index (χ0v) is 12.9. The second-order valence-corrected chi connectivity index (χ2v) is 5.19. The lowest BCUT2D eigenvalue weighted by atomic mass is 10.2. The Balaban J connectivity index is 2.30. The summed E-state index contributed by atoms with van der Waals surface area (Å²) in [6.07, 6.45) is 1.89. The minimum Gasteiger partial charge on any atom is -0.377 e. The summed E-state index contributed by atoms with van der Waals surface area (Å²) in [6.45, 7) is 3.96. The van der Waals surface area contributed by atoms with Crippen molar-refractivity contribution >= 4 is 29.3 Å². The Labute approximate surface area is 127 Å². The summed E-state index contributed by atoms with van der Waals surface area (Å²) in [7, 11) is 0. The molecule has 1 amide bonds. The van der Waals surface area contributed by atoms with Gasteiger partial charge in [0.15, 0.2) is 5.16 Å². The van der Waals surface area contributed by atoms with Crippen molar-refractivity contribution in [1.29, 1.82) is 0 Å². The second-order valence-electron chi connectivity index (χ2n) is 4.42. The molecule has 0 radical (unpaired) electrons. The Morgan fingerprint density at radius 3 is 3.10 bits per heavy atom. The van der Waals surface area contributed by atoms with Crippen molar-refractivity contribution in [2.45, 2.75) is 18.1 Å². The predicted molar refractivity (Wildman–Crippen MR) is 82.3 cm³/mol. The van der Waals surface area contributed by atoms with Gasteiger partial charge in [0, 0.05) is 19.2 Å². The number of rotatable bonds is 5. The third kappa shape index (κ3) is 3.74. The van der Waals surface area contributed by atoms with E-state index in [-0.39, 0.29) is 5.91 Å². The average Bonchev–Trinajstić information content (AvgIpc) is 2.54. The van der Waals surface area contributed by atoms with Crippen LogP contribution >= 0.6 is 11.8 Å². The lowest BCUT2D eigenvalue weighted by Crippen LogP contribution is -2.54. The largest absolute Gasteiger partial charge is 0.377 e. The Kier molecular flexibility index (Phi) is 5.59. The standard InChI is InChI=1S/C12H20N6O2S/c1-3-14-11(19)8-7-20-5-4-18(8)10-6-9(17-13)15-12(16-10)21-2/h6,8H,3-5,7,13H2,1-2H3,(H,14,19)(H,15,16,17). The Bertz CT molecular complexity index is 478. The molecule has 1 saturated heterocycles. The van der Waals surface area contributed by atoms with E-state index in [0.29, 0.717) is 43.1 Å². The molecule has 0 aliphatic carbocycles. The summed E-state index contributed by atoms with van der Waals surface area (Å²) in [5.74, 6) is 6.56. The van der Waals surface area contributed by atoms with E-state index in [4.69, 9.17) is 10.6 Å². The predicted octanol–water partition coefficient (Wildman–Crippen LogP) is -0.175. The number of aromatic nitrogens is 2. The highest BCUT2D eigenvalue weighted by Crippen LogP contribution is 2.23. The normalized spacial score (nSPS) is 18.4. The van der Waals surface area contributed by atoms with Crippen LogP contribution in [0.1, 0.15) is 6.92 Å². The molecule has 116 valence electrons. The van der Waals surface area contributed by atoms with Crippen LogP contribution in [0.4, 0.5) is 11.6 Å². The Morgan fingerprint density at radius 1 is 1.62 bits per heavy atom. The van der Waals surface area contributed by atoms with Crippen LogP contribution in [-0.4, -0.2) is 54.5 Å². The van der Waals surface area contributed by atoms with Gasteiger partial charge in [-0.2, -0.15) is 0 Å². The smallest absolute Gasteiger partial charge is 0.245 e. The fourth-order valence-corrected chi connectivity index (χ4v) is 2.49. The van der Waals surface area contributed by atoms with Crippen LogP contribution < -0.4 is 21.5 Å². The summed E-state index contributed by atoms with van der Waals surface area (Å²) >= 11 is 1.42. The molecule has 9 heteroatoms. The number of hydrogen-bond donors (Lipinski definition) is 3. The number of amides is 1. The maximum atomic E-state index is 12.2. The van der Waals surface area contributed by atoms with Gasteiger partial charge in [-0.15, -0.1) is 0 Å². The number of ether oxygens (including phenoxy) is 1. The molecule has 4 N–H and O–H groups in total. The zero-order valence-electron chi connectivity index (χ0n) is 12.1. The van der Waals surface area contributed by atoms with Crippen LogP contribution in [0.2, 0.25) is 0 Å². The number of likely N-dealkylation sites (N-methyl/N-ethyl adjacent to an activating group) is 1. The third-order valence-corrected chi connectivity index (χ3v) is 3.65. The number of nitrogens with one attached hydrogen (secondary N) is 2. The molecule has 2 rings (SSSR count). The number of carbonyl (C=O) groups is 1. The lowest BCUT2D eigenvalue weighted by Gasteiger charge is -2.35. The quantitative estimate of drug-likeness (QED) is 0.298. The number of nitrogen functional groups attached to an aromatic ring is 1. The summed E-state index contributed by atoms with van der Waals surface area (Å²) in [6, 6.07) is 1.34. The molecule has 1 atom stereocenters. The van der Waals surface area contributed by atoms with Crippen molar-refractivity contribution < 1.29 is 9.53 Å². The minimum absolute atomic E-state index is 0.0660. The van der Waals surface area contributed by atoms with E-state index in [9.17, 15) is 4.79 Å². The summed E-state index contributed by atoms with van der Waals surface area (Å²) in [4.78, 5) is 22.8. The maximum absolute atomic E-state index is 12.2. The molecular formula is C12H20N6O2S. The van der Waals surface area contributed by atoms with Crippen LogP contribution in [0.3, 0.4) is 0 Å². The number of anilines is 2. The van der Waals surface area contributed by atoms with Gasteiger partial charge in [0.2, 0.25) is 5.91 Å². The molecule has 1 aromatic heterocycles. The highest BCUT2D eigenvalue weighted by atomic mass is 32.2. The van der Waals surface area contributed by atoms with Gasteiger partial charge in [0.1, 0.15) is 17.7 Å². The first-order valence-electron chi connectivity index (χ1n) is 6.71. The highest BCUT2D eigenvalue weighted by molar-refractivity contribution is 7.98. The second kappa shape index (κ2) is 7.43.